The van der Waals surface area contributed by atoms with Crippen LogP contribution in [-0.2, 0) is 16.0 Å². The Kier molecular flexibility index (Phi) is 4.11. The number of carbonyl (C=O) groups excluding carboxylic acids is 1. The number of hydrogen-bond donors (Lipinski definition) is 2. The van der Waals surface area contributed by atoms with E-state index in [0.29, 0.717) is 5.75 Å². The molecule has 27 heavy (non-hydrogen) atoms. The van der Waals surface area contributed by atoms with E-state index in [-0.39, 0.29) is 12.3 Å². The summed E-state index contributed by atoms with van der Waals surface area (Å²) in [6.07, 6.45) is 0.264. The van der Waals surface area contributed by atoms with Gasteiger partial charge in [0, 0.05) is 35.5 Å². The molecule has 0 saturated carbocycles. The molecule has 6 nitrogen and oxygen atoms in total. The summed E-state index contributed by atoms with van der Waals surface area (Å²) in [6, 6.07) is 13.7. The third-order valence-corrected chi connectivity index (χ3v) is 5.21. The number of nitrogens with zero attached hydrogens (tertiary/aromatic N) is 1. The summed E-state index contributed by atoms with van der Waals surface area (Å²) in [5.41, 5.74) is 3.46. The van der Waals surface area contributed by atoms with Crippen molar-refractivity contribution in [1.82, 2.24) is 9.88 Å². The van der Waals surface area contributed by atoms with E-state index in [1.807, 2.05) is 48.5 Å². The number of aromatic nitrogens is 1. The summed E-state index contributed by atoms with van der Waals surface area (Å²) in [5, 5.41) is 10.8. The molecule has 2 N–H and O–H groups in total. The van der Waals surface area contributed by atoms with Crippen LogP contribution in [0.1, 0.15) is 29.8 Å². The van der Waals surface area contributed by atoms with Crippen molar-refractivity contribution in [2.45, 2.75) is 25.4 Å². The third-order valence-electron chi connectivity index (χ3n) is 5.21. The molecule has 1 aliphatic rings. The van der Waals surface area contributed by atoms with E-state index < -0.39 is 18.1 Å². The first-order valence-electron chi connectivity index (χ1n) is 8.77. The first kappa shape index (κ1) is 17.1. The Morgan fingerprint density at radius 3 is 2.56 bits per heavy atom. The Bertz CT molecular complexity index is 1040. The highest BCUT2D eigenvalue weighted by Crippen LogP contribution is 2.43. The third kappa shape index (κ3) is 2.65. The van der Waals surface area contributed by atoms with Gasteiger partial charge in [0.05, 0.1) is 7.11 Å². The first-order chi connectivity index (χ1) is 13.0. The van der Waals surface area contributed by atoms with E-state index in [2.05, 4.69) is 4.98 Å². The summed E-state index contributed by atoms with van der Waals surface area (Å²) < 4.78 is 5.51. The molecule has 6 heteroatoms. The Morgan fingerprint density at radius 1 is 1.15 bits per heavy atom. The van der Waals surface area contributed by atoms with Crippen LogP contribution in [0, 0.1) is 0 Å². The quantitative estimate of drug-likeness (QED) is 0.748. The highest BCUT2D eigenvalue weighted by atomic mass is 16.5. The number of para-hydroxylation sites is 2. The molecular formula is C21H20N2O4. The van der Waals surface area contributed by atoms with Gasteiger partial charge in [0.1, 0.15) is 17.8 Å². The Labute approximate surface area is 156 Å². The average Bonchev–Trinajstić information content (AvgIpc) is 3.04. The van der Waals surface area contributed by atoms with Crippen molar-refractivity contribution in [2.75, 3.05) is 7.11 Å². The molecule has 0 fully saturated rings. The van der Waals surface area contributed by atoms with E-state index in [0.717, 1.165) is 27.7 Å². The molecule has 1 aromatic heterocycles. The lowest BCUT2D eigenvalue weighted by Gasteiger charge is -2.40. The van der Waals surface area contributed by atoms with E-state index in [1.54, 1.807) is 7.11 Å². The predicted octanol–water partition coefficient (Wildman–Crippen LogP) is 3.12. The fraction of sp³-hybridized carbons (Fsp3) is 0.238. The van der Waals surface area contributed by atoms with Gasteiger partial charge in [-0.05, 0) is 17.7 Å². The van der Waals surface area contributed by atoms with Gasteiger partial charge in [-0.3, -0.25) is 4.79 Å². The van der Waals surface area contributed by atoms with Gasteiger partial charge in [-0.15, -0.1) is 0 Å². The SMILES string of the molecule is COc1ccccc1[C@@H]1c2[nH]c3ccccc3c2C[C@@H](C(=O)O)N1C(C)=O. The normalized spacial score (nSPS) is 19.0. The lowest BCUT2D eigenvalue weighted by atomic mass is 9.87. The van der Waals surface area contributed by atoms with E-state index >= 15 is 0 Å². The zero-order valence-electron chi connectivity index (χ0n) is 15.1. The number of carbonyl (C=O) groups is 2. The molecule has 0 bridgehead atoms. The predicted molar refractivity (Wildman–Crippen MR) is 101 cm³/mol. The number of benzene rings is 2. The fourth-order valence-electron chi connectivity index (χ4n) is 4.09. The number of hydrogen-bond acceptors (Lipinski definition) is 3. The molecule has 2 atom stereocenters. The lowest BCUT2D eigenvalue weighted by molar-refractivity contribution is -0.151. The van der Waals surface area contributed by atoms with Gasteiger partial charge in [-0.1, -0.05) is 36.4 Å². The smallest absolute Gasteiger partial charge is 0.326 e. The molecule has 1 aliphatic heterocycles. The molecular weight excluding hydrogens is 344 g/mol. The van der Waals surface area contributed by atoms with Gasteiger partial charge in [0.25, 0.3) is 0 Å². The van der Waals surface area contributed by atoms with Crippen LogP contribution in [0.3, 0.4) is 0 Å². The summed E-state index contributed by atoms with van der Waals surface area (Å²) >= 11 is 0. The Morgan fingerprint density at radius 2 is 1.85 bits per heavy atom. The molecule has 0 unspecified atom stereocenters. The van der Waals surface area contributed by atoms with Crippen LogP contribution in [0.25, 0.3) is 10.9 Å². The van der Waals surface area contributed by atoms with Crippen LogP contribution in [0.5, 0.6) is 5.75 Å². The maximum Gasteiger partial charge on any atom is 0.326 e. The topological polar surface area (TPSA) is 82.6 Å². The summed E-state index contributed by atoms with van der Waals surface area (Å²) in [6.45, 7) is 1.41. The van der Waals surface area contributed by atoms with Crippen molar-refractivity contribution in [2.24, 2.45) is 0 Å². The number of ether oxygens (including phenoxy) is 1. The molecule has 0 spiro atoms. The maximum atomic E-state index is 12.5. The first-order valence-corrected chi connectivity index (χ1v) is 8.77. The number of fused-ring (bicyclic) bond motifs is 3. The van der Waals surface area contributed by atoms with E-state index in [9.17, 15) is 14.7 Å². The second-order valence-corrected chi connectivity index (χ2v) is 6.69. The number of amides is 1. The number of carboxylic acid groups (broad SMARTS) is 1. The van der Waals surface area contributed by atoms with Crippen LogP contribution in [0.15, 0.2) is 48.5 Å². The van der Waals surface area contributed by atoms with E-state index in [1.165, 1.54) is 11.8 Å². The van der Waals surface area contributed by atoms with Crippen molar-refractivity contribution in [3.8, 4) is 5.75 Å². The zero-order valence-corrected chi connectivity index (χ0v) is 15.1. The van der Waals surface area contributed by atoms with E-state index in [4.69, 9.17) is 4.74 Å². The molecule has 3 aromatic rings. The van der Waals surface area contributed by atoms with Crippen molar-refractivity contribution < 1.29 is 19.4 Å². The molecule has 2 heterocycles. The second-order valence-electron chi connectivity index (χ2n) is 6.69. The maximum absolute atomic E-state index is 12.5. The van der Waals surface area contributed by atoms with Crippen LogP contribution < -0.4 is 4.74 Å². The molecule has 1 amide bonds. The van der Waals surface area contributed by atoms with Crippen molar-refractivity contribution in [1.29, 1.82) is 0 Å². The van der Waals surface area contributed by atoms with Gasteiger partial charge < -0.3 is 19.7 Å². The minimum absolute atomic E-state index is 0.264. The second kappa shape index (κ2) is 6.46. The molecule has 0 saturated heterocycles. The van der Waals surface area contributed by atoms with Crippen molar-refractivity contribution >= 4 is 22.8 Å². The van der Waals surface area contributed by atoms with Crippen LogP contribution in [0.2, 0.25) is 0 Å². The van der Waals surface area contributed by atoms with Gasteiger partial charge in [0.15, 0.2) is 0 Å². The van der Waals surface area contributed by atoms with Gasteiger partial charge in [-0.25, -0.2) is 4.79 Å². The van der Waals surface area contributed by atoms with Gasteiger partial charge >= 0.3 is 5.97 Å². The molecule has 0 aliphatic carbocycles. The minimum atomic E-state index is -1.01. The van der Waals surface area contributed by atoms with Gasteiger partial charge in [0.2, 0.25) is 5.91 Å². The Hall–Kier alpha value is -3.28. The van der Waals surface area contributed by atoms with Crippen molar-refractivity contribution in [3.63, 3.8) is 0 Å². The zero-order chi connectivity index (χ0) is 19.1. The van der Waals surface area contributed by atoms with Crippen LogP contribution >= 0.6 is 0 Å². The number of nitrogens with one attached hydrogen (secondary N) is 1. The van der Waals surface area contributed by atoms with Crippen molar-refractivity contribution in [3.05, 3.63) is 65.4 Å². The average molecular weight is 364 g/mol. The fourth-order valence-corrected chi connectivity index (χ4v) is 4.09. The van der Waals surface area contributed by atoms with Crippen LogP contribution in [-0.4, -0.2) is 40.0 Å². The highest BCUT2D eigenvalue weighted by molar-refractivity contribution is 5.90. The number of rotatable bonds is 3. The molecule has 4 rings (SSSR count). The molecule has 0 radical (unpaired) electrons. The summed E-state index contributed by atoms with van der Waals surface area (Å²) in [5.74, 6) is -0.687. The highest BCUT2D eigenvalue weighted by Gasteiger charge is 2.43. The monoisotopic (exact) mass is 364 g/mol. The Balaban J connectivity index is 2.03. The largest absolute Gasteiger partial charge is 0.496 e. The number of methoxy groups -OCH3 is 1. The molecule has 138 valence electrons. The number of H-pyrrole nitrogens is 1. The number of aliphatic carboxylic acids is 1. The lowest BCUT2D eigenvalue weighted by Crippen LogP contribution is -2.50. The summed E-state index contributed by atoms with van der Waals surface area (Å²) in [7, 11) is 1.57. The number of aromatic amines is 1. The van der Waals surface area contributed by atoms with Crippen LogP contribution in [0.4, 0.5) is 0 Å². The van der Waals surface area contributed by atoms with Gasteiger partial charge in [-0.2, -0.15) is 0 Å². The standard InChI is InChI=1S/C21H20N2O4/c1-12(24)23-17(21(25)26)11-15-13-7-3-5-9-16(13)22-19(15)20(23)14-8-4-6-10-18(14)27-2/h3-10,17,20,22H,11H2,1-2H3,(H,25,26)/t17-,20+/m0/s1. The summed E-state index contributed by atoms with van der Waals surface area (Å²) in [4.78, 5) is 29.4. The minimum Gasteiger partial charge on any atom is -0.496 e. The number of carboxylic acids is 1. The molecule has 2 aromatic carbocycles.